The highest BCUT2D eigenvalue weighted by molar-refractivity contribution is 7.14. The molecule has 0 aliphatic carbocycles. The molecule has 0 atom stereocenters. The summed E-state index contributed by atoms with van der Waals surface area (Å²) < 4.78 is 6.24. The molecule has 0 aliphatic heterocycles. The second-order valence-corrected chi connectivity index (χ2v) is 10.8. The first-order chi connectivity index (χ1) is 18.9. The standard InChI is InChI=1S/C33H33ClN2O2S/c1-4-16-35-21-24(2)22-36(3)32(37)19-26-11-8-12-27(18-26)33-29(15-17-39-33)30-20-28(34)13-14-31(30)38-23-25-9-6-5-7-10-25/h5-18,20-21H,4,19,22-23H2,1-3H3/p+1/b24-21+,35-16?. The van der Waals surface area contributed by atoms with Crippen molar-refractivity contribution in [3.05, 3.63) is 112 Å². The fourth-order valence-electron chi connectivity index (χ4n) is 4.28. The third kappa shape index (κ3) is 7.92. The molecule has 39 heavy (non-hydrogen) atoms. The lowest BCUT2D eigenvalue weighted by Gasteiger charge is -2.17. The van der Waals surface area contributed by atoms with Gasteiger partial charge in [-0.1, -0.05) is 67.1 Å². The Morgan fingerprint density at radius 1 is 1.00 bits per heavy atom. The summed E-state index contributed by atoms with van der Waals surface area (Å²) in [4.78, 5) is 19.0. The molecule has 0 fully saturated rings. The van der Waals surface area contributed by atoms with Crippen molar-refractivity contribution in [1.82, 2.24) is 4.90 Å². The van der Waals surface area contributed by atoms with Crippen LogP contribution in [0.15, 0.2) is 96.0 Å². The van der Waals surface area contributed by atoms with Crippen molar-refractivity contribution in [2.45, 2.75) is 33.3 Å². The molecular weight excluding hydrogens is 524 g/mol. The molecule has 3 aromatic carbocycles. The SMILES string of the molecule is CCC=[NH+]/C=C(\C)CN(C)C(=O)Cc1cccc(-c2sccc2-c2cc(Cl)ccc2OCc2ccccc2)c1. The van der Waals surface area contributed by atoms with E-state index in [1.54, 1.807) is 16.2 Å². The van der Waals surface area contributed by atoms with Crippen LogP contribution >= 0.6 is 22.9 Å². The number of likely N-dealkylation sites (N-methyl/N-ethyl adjacent to an activating group) is 1. The van der Waals surface area contributed by atoms with Gasteiger partial charge in [-0.2, -0.15) is 0 Å². The Kier molecular flexibility index (Phi) is 10.1. The number of thiophene rings is 1. The van der Waals surface area contributed by atoms with Crippen molar-refractivity contribution >= 4 is 35.1 Å². The fourth-order valence-corrected chi connectivity index (χ4v) is 5.36. The summed E-state index contributed by atoms with van der Waals surface area (Å²) in [6, 6.07) is 26.2. The fraction of sp³-hybridized carbons (Fsp3) is 0.212. The molecule has 6 heteroatoms. The van der Waals surface area contributed by atoms with Crippen molar-refractivity contribution in [3.63, 3.8) is 0 Å². The lowest BCUT2D eigenvalue weighted by Crippen LogP contribution is -2.61. The van der Waals surface area contributed by atoms with Crippen molar-refractivity contribution < 1.29 is 14.5 Å². The summed E-state index contributed by atoms with van der Waals surface area (Å²) in [5.41, 5.74) is 6.26. The van der Waals surface area contributed by atoms with E-state index in [0.29, 0.717) is 24.6 Å². The van der Waals surface area contributed by atoms with Gasteiger partial charge in [0.1, 0.15) is 18.6 Å². The van der Waals surface area contributed by atoms with E-state index in [0.717, 1.165) is 50.4 Å². The van der Waals surface area contributed by atoms with Crippen LogP contribution in [0.1, 0.15) is 31.4 Å². The highest BCUT2D eigenvalue weighted by Crippen LogP contribution is 2.42. The largest absolute Gasteiger partial charge is 0.488 e. The third-order valence-corrected chi connectivity index (χ3v) is 7.44. The molecule has 0 radical (unpaired) electrons. The second kappa shape index (κ2) is 13.9. The van der Waals surface area contributed by atoms with E-state index in [2.05, 4.69) is 47.6 Å². The average Bonchev–Trinajstić information content (AvgIpc) is 3.43. The molecule has 4 nitrogen and oxygen atoms in total. The Morgan fingerprint density at radius 3 is 2.59 bits per heavy atom. The molecule has 1 N–H and O–H groups in total. The summed E-state index contributed by atoms with van der Waals surface area (Å²) in [7, 11) is 1.85. The number of hydrogen-bond donors (Lipinski definition) is 1. The summed E-state index contributed by atoms with van der Waals surface area (Å²) in [6.07, 6.45) is 5.22. The first-order valence-electron chi connectivity index (χ1n) is 13.1. The molecule has 0 aliphatic rings. The van der Waals surface area contributed by atoms with Crippen molar-refractivity contribution in [3.8, 4) is 27.3 Å². The monoisotopic (exact) mass is 557 g/mol. The molecule has 1 heterocycles. The van der Waals surface area contributed by atoms with Crippen LogP contribution in [-0.4, -0.2) is 30.6 Å². The van der Waals surface area contributed by atoms with Crippen LogP contribution in [0.2, 0.25) is 5.02 Å². The maximum Gasteiger partial charge on any atom is 0.227 e. The maximum absolute atomic E-state index is 13.0. The molecule has 0 saturated heterocycles. The number of carbonyl (C=O) groups is 1. The zero-order valence-corrected chi connectivity index (χ0v) is 24.2. The van der Waals surface area contributed by atoms with E-state index in [-0.39, 0.29) is 5.91 Å². The molecule has 0 unspecified atom stereocenters. The Morgan fingerprint density at radius 2 is 1.79 bits per heavy atom. The van der Waals surface area contributed by atoms with Gasteiger partial charge < -0.3 is 9.64 Å². The maximum atomic E-state index is 13.0. The first kappa shape index (κ1) is 28.3. The van der Waals surface area contributed by atoms with E-state index in [9.17, 15) is 4.79 Å². The number of nitrogens with one attached hydrogen (secondary N) is 1. The highest BCUT2D eigenvalue weighted by Gasteiger charge is 2.16. The topological polar surface area (TPSA) is 43.5 Å². The van der Waals surface area contributed by atoms with E-state index >= 15 is 0 Å². The van der Waals surface area contributed by atoms with Gasteiger partial charge in [0.2, 0.25) is 5.91 Å². The van der Waals surface area contributed by atoms with Gasteiger partial charge in [-0.3, -0.25) is 4.79 Å². The number of benzene rings is 3. The molecule has 200 valence electrons. The smallest absolute Gasteiger partial charge is 0.227 e. The predicted molar refractivity (Wildman–Crippen MR) is 163 cm³/mol. The van der Waals surface area contributed by atoms with Gasteiger partial charge in [-0.05, 0) is 59.3 Å². The summed E-state index contributed by atoms with van der Waals surface area (Å²) in [5, 5.41) is 2.74. The van der Waals surface area contributed by atoms with Crippen LogP contribution in [0.3, 0.4) is 0 Å². The number of halogens is 1. The van der Waals surface area contributed by atoms with Gasteiger partial charge in [0.15, 0.2) is 6.20 Å². The van der Waals surface area contributed by atoms with Gasteiger partial charge >= 0.3 is 0 Å². The highest BCUT2D eigenvalue weighted by atomic mass is 35.5. The second-order valence-electron chi connectivity index (χ2n) is 9.47. The Hall–Kier alpha value is -3.67. The van der Waals surface area contributed by atoms with Gasteiger partial charge in [0, 0.05) is 46.6 Å². The van der Waals surface area contributed by atoms with Crippen LogP contribution in [-0.2, 0) is 17.8 Å². The Balaban J connectivity index is 1.53. The number of rotatable bonds is 11. The number of carbonyl (C=O) groups excluding carboxylic acids is 1. The number of nitrogens with zero attached hydrogens (tertiary/aromatic N) is 1. The van der Waals surface area contributed by atoms with Gasteiger partial charge in [-0.15, -0.1) is 11.3 Å². The molecule has 0 saturated carbocycles. The third-order valence-electron chi connectivity index (χ3n) is 6.24. The van der Waals surface area contributed by atoms with E-state index in [1.807, 2.05) is 74.9 Å². The van der Waals surface area contributed by atoms with Crippen LogP contribution < -0.4 is 9.73 Å². The van der Waals surface area contributed by atoms with E-state index in [1.165, 1.54) is 0 Å². The zero-order valence-electron chi connectivity index (χ0n) is 22.6. The van der Waals surface area contributed by atoms with Crippen LogP contribution in [0, 0.1) is 0 Å². The van der Waals surface area contributed by atoms with Crippen LogP contribution in [0.25, 0.3) is 21.6 Å². The minimum atomic E-state index is 0.0808. The summed E-state index contributed by atoms with van der Waals surface area (Å²) >= 11 is 8.10. The van der Waals surface area contributed by atoms with Gasteiger partial charge in [-0.25, -0.2) is 4.99 Å². The van der Waals surface area contributed by atoms with Crippen LogP contribution in [0.4, 0.5) is 0 Å². The molecule has 1 amide bonds. The van der Waals surface area contributed by atoms with Crippen molar-refractivity contribution in [2.24, 2.45) is 0 Å². The van der Waals surface area contributed by atoms with Gasteiger partial charge in [0.05, 0.1) is 6.42 Å². The number of hydrogen-bond acceptors (Lipinski definition) is 3. The van der Waals surface area contributed by atoms with E-state index in [4.69, 9.17) is 16.3 Å². The molecule has 4 rings (SSSR count). The lowest BCUT2D eigenvalue weighted by atomic mass is 10.00. The minimum absolute atomic E-state index is 0.0808. The zero-order chi connectivity index (χ0) is 27.6. The van der Waals surface area contributed by atoms with Crippen molar-refractivity contribution in [2.75, 3.05) is 13.6 Å². The normalized spacial score (nSPS) is 11.6. The summed E-state index contributed by atoms with van der Waals surface area (Å²) in [6.45, 7) is 5.15. The van der Waals surface area contributed by atoms with E-state index < -0.39 is 0 Å². The molecule has 0 bridgehead atoms. The molecule has 1 aromatic heterocycles. The minimum Gasteiger partial charge on any atom is -0.488 e. The van der Waals surface area contributed by atoms with Crippen molar-refractivity contribution in [1.29, 1.82) is 0 Å². The molecular formula is C33H34ClN2O2S+. The Bertz CT molecular complexity index is 1460. The molecule has 0 spiro atoms. The average molecular weight is 558 g/mol. The lowest BCUT2D eigenvalue weighted by molar-refractivity contribution is -0.369. The molecule has 4 aromatic rings. The number of ether oxygens (including phenoxy) is 1. The number of amides is 1. The van der Waals surface area contributed by atoms with Crippen LogP contribution in [0.5, 0.6) is 5.75 Å². The Labute approximate surface area is 240 Å². The summed E-state index contributed by atoms with van der Waals surface area (Å²) in [5.74, 6) is 0.863. The van der Waals surface area contributed by atoms with Gasteiger partial charge in [0.25, 0.3) is 0 Å². The first-order valence-corrected chi connectivity index (χ1v) is 14.3. The quantitative estimate of drug-likeness (QED) is 0.207. The predicted octanol–water partition coefficient (Wildman–Crippen LogP) is 6.78.